The van der Waals surface area contributed by atoms with E-state index in [9.17, 15) is 5.11 Å². The Labute approximate surface area is 129 Å². The van der Waals surface area contributed by atoms with Crippen LogP contribution in [0.1, 0.15) is 16.7 Å². The van der Waals surface area contributed by atoms with E-state index in [1.165, 1.54) is 0 Å². The SMILES string of the molecule is N#Cc1ccccc1CSCCN=Cc1ccccc1O. The van der Waals surface area contributed by atoms with Crippen LogP contribution >= 0.6 is 11.8 Å². The fourth-order valence-corrected chi connectivity index (χ4v) is 2.66. The van der Waals surface area contributed by atoms with Crippen LogP contribution < -0.4 is 0 Å². The largest absolute Gasteiger partial charge is 0.507 e. The summed E-state index contributed by atoms with van der Waals surface area (Å²) in [5, 5.41) is 18.6. The highest BCUT2D eigenvalue weighted by Gasteiger charge is 2.00. The van der Waals surface area contributed by atoms with Gasteiger partial charge in [-0.25, -0.2) is 0 Å². The van der Waals surface area contributed by atoms with Gasteiger partial charge in [-0.05, 0) is 23.8 Å². The van der Waals surface area contributed by atoms with Crippen LogP contribution in [0.4, 0.5) is 0 Å². The number of rotatable bonds is 6. The molecule has 0 saturated carbocycles. The molecule has 1 N–H and O–H groups in total. The Bertz CT molecular complexity index is 662. The number of nitrogens with zero attached hydrogens (tertiary/aromatic N) is 2. The van der Waals surface area contributed by atoms with Crippen LogP contribution in [0.5, 0.6) is 5.75 Å². The van der Waals surface area contributed by atoms with Crippen molar-refractivity contribution in [3.05, 3.63) is 65.2 Å². The summed E-state index contributed by atoms with van der Waals surface area (Å²) in [6.07, 6.45) is 1.69. The first-order valence-corrected chi connectivity index (χ1v) is 7.80. The van der Waals surface area contributed by atoms with Crippen molar-refractivity contribution >= 4 is 18.0 Å². The molecule has 0 bridgehead atoms. The van der Waals surface area contributed by atoms with Gasteiger partial charge in [-0.15, -0.1) is 0 Å². The molecule has 0 saturated heterocycles. The van der Waals surface area contributed by atoms with Crippen LogP contribution in [0.15, 0.2) is 53.5 Å². The van der Waals surface area contributed by atoms with E-state index in [2.05, 4.69) is 11.1 Å². The molecule has 0 heterocycles. The van der Waals surface area contributed by atoms with Crippen molar-refractivity contribution in [1.82, 2.24) is 0 Å². The zero-order chi connectivity index (χ0) is 14.9. The Morgan fingerprint density at radius 2 is 1.90 bits per heavy atom. The maximum Gasteiger partial charge on any atom is 0.124 e. The number of aliphatic imine (C=N–C) groups is 1. The molecular weight excluding hydrogens is 280 g/mol. The first kappa shape index (κ1) is 15.1. The normalized spacial score (nSPS) is 10.6. The highest BCUT2D eigenvalue weighted by molar-refractivity contribution is 7.98. The molecule has 0 fully saturated rings. The van der Waals surface area contributed by atoms with Crippen molar-refractivity contribution in [1.29, 1.82) is 5.26 Å². The van der Waals surface area contributed by atoms with E-state index in [4.69, 9.17) is 5.26 Å². The highest BCUT2D eigenvalue weighted by Crippen LogP contribution is 2.16. The molecule has 0 atom stereocenters. The molecule has 0 aromatic heterocycles. The average molecular weight is 296 g/mol. The summed E-state index contributed by atoms with van der Waals surface area (Å²) in [7, 11) is 0. The Hall–Kier alpha value is -2.25. The summed E-state index contributed by atoms with van der Waals surface area (Å²) in [6, 6.07) is 17.0. The summed E-state index contributed by atoms with van der Waals surface area (Å²) < 4.78 is 0. The fraction of sp³-hybridized carbons (Fsp3) is 0.176. The lowest BCUT2D eigenvalue weighted by molar-refractivity contribution is 0.474. The minimum atomic E-state index is 0.247. The average Bonchev–Trinajstić information content (AvgIpc) is 2.52. The Balaban J connectivity index is 1.76. The summed E-state index contributed by atoms with van der Waals surface area (Å²) >= 11 is 1.75. The van der Waals surface area contributed by atoms with Gasteiger partial charge in [0.25, 0.3) is 0 Å². The molecule has 0 unspecified atom stereocenters. The van der Waals surface area contributed by atoms with E-state index in [0.717, 1.165) is 28.2 Å². The Kier molecular flexibility index (Phi) is 5.86. The Morgan fingerprint density at radius 3 is 2.71 bits per heavy atom. The molecule has 0 amide bonds. The van der Waals surface area contributed by atoms with Gasteiger partial charge in [0.1, 0.15) is 5.75 Å². The molecule has 0 radical (unpaired) electrons. The number of benzene rings is 2. The number of phenolic OH excluding ortho intramolecular Hbond substituents is 1. The second-order valence-corrected chi connectivity index (χ2v) is 5.52. The van der Waals surface area contributed by atoms with Crippen molar-refractivity contribution in [2.45, 2.75) is 5.75 Å². The lowest BCUT2D eigenvalue weighted by Gasteiger charge is -2.02. The summed E-state index contributed by atoms with van der Waals surface area (Å²) in [5.74, 6) is 1.94. The van der Waals surface area contributed by atoms with Crippen LogP contribution in [0.2, 0.25) is 0 Å². The van der Waals surface area contributed by atoms with Crippen LogP contribution in [-0.4, -0.2) is 23.6 Å². The molecule has 3 nitrogen and oxygen atoms in total. The summed E-state index contributed by atoms with van der Waals surface area (Å²) in [5.41, 5.74) is 2.54. The standard InChI is InChI=1S/C17H16N2OS/c18-11-14-5-1-2-7-16(14)13-21-10-9-19-12-15-6-3-4-8-17(15)20/h1-8,12,20H,9-10,13H2. The molecule has 2 rings (SSSR count). The number of hydrogen-bond donors (Lipinski definition) is 1. The molecule has 21 heavy (non-hydrogen) atoms. The third kappa shape index (κ3) is 4.66. The molecule has 4 heteroatoms. The minimum Gasteiger partial charge on any atom is -0.507 e. The van der Waals surface area contributed by atoms with Crippen LogP contribution in [0.25, 0.3) is 0 Å². The van der Waals surface area contributed by atoms with E-state index >= 15 is 0 Å². The molecule has 0 aliphatic carbocycles. The van der Waals surface area contributed by atoms with Gasteiger partial charge < -0.3 is 5.11 Å². The third-order valence-corrected chi connectivity index (χ3v) is 3.91. The van der Waals surface area contributed by atoms with Crippen LogP contribution in [0.3, 0.4) is 0 Å². The van der Waals surface area contributed by atoms with E-state index in [1.54, 1.807) is 30.1 Å². The van der Waals surface area contributed by atoms with Crippen molar-refractivity contribution in [2.24, 2.45) is 4.99 Å². The first-order valence-electron chi connectivity index (χ1n) is 6.65. The van der Waals surface area contributed by atoms with Gasteiger partial charge in [-0.3, -0.25) is 4.99 Å². The molecule has 2 aromatic carbocycles. The quantitative estimate of drug-likeness (QED) is 0.654. The lowest BCUT2D eigenvalue weighted by Crippen LogP contribution is -1.91. The second-order valence-electron chi connectivity index (χ2n) is 4.42. The molecule has 2 aromatic rings. The topological polar surface area (TPSA) is 56.4 Å². The number of thioether (sulfide) groups is 1. The molecule has 106 valence electrons. The Morgan fingerprint density at radius 1 is 1.14 bits per heavy atom. The second kappa shape index (κ2) is 8.13. The van der Waals surface area contributed by atoms with Crippen molar-refractivity contribution in [2.75, 3.05) is 12.3 Å². The van der Waals surface area contributed by atoms with Gasteiger partial charge in [0, 0.05) is 29.8 Å². The smallest absolute Gasteiger partial charge is 0.124 e. The number of phenols is 1. The highest BCUT2D eigenvalue weighted by atomic mass is 32.2. The van der Waals surface area contributed by atoms with E-state index in [1.807, 2.05) is 36.4 Å². The van der Waals surface area contributed by atoms with E-state index in [-0.39, 0.29) is 5.75 Å². The maximum absolute atomic E-state index is 9.59. The van der Waals surface area contributed by atoms with Crippen molar-refractivity contribution < 1.29 is 5.11 Å². The number of nitriles is 1. The molecule has 0 aliphatic rings. The zero-order valence-corrected chi connectivity index (χ0v) is 12.4. The van der Waals surface area contributed by atoms with Crippen LogP contribution in [-0.2, 0) is 5.75 Å². The first-order chi connectivity index (χ1) is 10.3. The number of aromatic hydroxyl groups is 1. The summed E-state index contributed by atoms with van der Waals surface area (Å²) in [6.45, 7) is 0.688. The number of para-hydroxylation sites is 1. The van der Waals surface area contributed by atoms with Gasteiger partial charge in [0.05, 0.1) is 11.6 Å². The molecule has 0 aliphatic heterocycles. The monoisotopic (exact) mass is 296 g/mol. The zero-order valence-electron chi connectivity index (χ0n) is 11.6. The van der Waals surface area contributed by atoms with Gasteiger partial charge in [-0.2, -0.15) is 17.0 Å². The minimum absolute atomic E-state index is 0.247. The fourth-order valence-electron chi connectivity index (χ4n) is 1.81. The molecule has 0 spiro atoms. The third-order valence-electron chi connectivity index (χ3n) is 2.93. The lowest BCUT2D eigenvalue weighted by atomic mass is 10.1. The van der Waals surface area contributed by atoms with E-state index in [0.29, 0.717) is 6.54 Å². The van der Waals surface area contributed by atoms with E-state index < -0.39 is 0 Å². The van der Waals surface area contributed by atoms with Gasteiger partial charge >= 0.3 is 0 Å². The van der Waals surface area contributed by atoms with Gasteiger partial charge in [0.2, 0.25) is 0 Å². The summed E-state index contributed by atoms with van der Waals surface area (Å²) in [4.78, 5) is 4.31. The van der Waals surface area contributed by atoms with Crippen molar-refractivity contribution in [3.8, 4) is 11.8 Å². The maximum atomic E-state index is 9.59. The number of hydrogen-bond acceptors (Lipinski definition) is 4. The van der Waals surface area contributed by atoms with Gasteiger partial charge in [0.15, 0.2) is 0 Å². The van der Waals surface area contributed by atoms with Crippen molar-refractivity contribution in [3.63, 3.8) is 0 Å². The predicted octanol–water partition coefficient (Wildman–Crippen LogP) is 3.62. The van der Waals surface area contributed by atoms with Crippen LogP contribution in [0, 0.1) is 11.3 Å². The predicted molar refractivity (Wildman–Crippen MR) is 87.9 cm³/mol. The molecular formula is C17H16N2OS. The van der Waals surface area contributed by atoms with Gasteiger partial charge in [-0.1, -0.05) is 30.3 Å².